The Morgan fingerprint density at radius 2 is 1.83 bits per heavy atom. The summed E-state index contributed by atoms with van der Waals surface area (Å²) in [6, 6.07) is 0. The summed E-state index contributed by atoms with van der Waals surface area (Å²) in [5.74, 6) is 2.87. The monoisotopic (exact) mass is 251 g/mol. The zero-order valence-corrected chi connectivity index (χ0v) is 11.6. The molecule has 0 saturated carbocycles. The third-order valence-electron chi connectivity index (χ3n) is 4.17. The van der Waals surface area contributed by atoms with Gasteiger partial charge in [0.25, 0.3) is 0 Å². The second-order valence-electron chi connectivity index (χ2n) is 4.96. The Morgan fingerprint density at radius 1 is 1.28 bits per heavy atom. The molecule has 4 heteroatoms. The van der Waals surface area contributed by atoms with Gasteiger partial charge in [-0.1, -0.05) is 19.8 Å². The van der Waals surface area contributed by atoms with E-state index in [0.29, 0.717) is 13.1 Å². The van der Waals surface area contributed by atoms with Crippen molar-refractivity contribution >= 4 is 5.91 Å². The van der Waals surface area contributed by atoms with E-state index in [0.717, 1.165) is 39.0 Å². The molecule has 1 saturated heterocycles. The van der Waals surface area contributed by atoms with Gasteiger partial charge in [0.05, 0.1) is 12.0 Å². The molecular formula is C14H25N3O. The summed E-state index contributed by atoms with van der Waals surface area (Å²) in [6.45, 7) is 8.46. The molecule has 2 N–H and O–H groups in total. The van der Waals surface area contributed by atoms with Crippen LogP contribution in [0.4, 0.5) is 0 Å². The van der Waals surface area contributed by atoms with Crippen molar-refractivity contribution in [1.29, 1.82) is 0 Å². The van der Waals surface area contributed by atoms with Crippen molar-refractivity contribution in [1.82, 2.24) is 9.80 Å². The molecular weight excluding hydrogens is 226 g/mol. The highest BCUT2D eigenvalue weighted by Crippen LogP contribution is 2.28. The average Bonchev–Trinajstić information content (AvgIpc) is 2.42. The molecule has 4 nitrogen and oxygen atoms in total. The molecule has 0 aliphatic carbocycles. The quantitative estimate of drug-likeness (QED) is 0.725. The van der Waals surface area contributed by atoms with Crippen molar-refractivity contribution in [2.24, 2.45) is 11.1 Å². The molecule has 1 aliphatic heterocycles. The van der Waals surface area contributed by atoms with E-state index >= 15 is 0 Å². The number of amides is 1. The molecule has 1 heterocycles. The van der Waals surface area contributed by atoms with Crippen LogP contribution in [0.2, 0.25) is 0 Å². The maximum Gasteiger partial charge on any atom is 0.230 e. The Morgan fingerprint density at radius 3 is 2.22 bits per heavy atom. The lowest BCUT2D eigenvalue weighted by molar-refractivity contribution is -0.143. The number of carbonyl (C=O) groups is 1. The minimum atomic E-state index is -0.367. The van der Waals surface area contributed by atoms with Crippen LogP contribution in [0.1, 0.15) is 26.7 Å². The van der Waals surface area contributed by atoms with E-state index in [1.54, 1.807) is 0 Å². The first-order valence-electron chi connectivity index (χ1n) is 6.78. The Kier molecular flexibility index (Phi) is 5.64. The van der Waals surface area contributed by atoms with Crippen LogP contribution in [0, 0.1) is 17.8 Å². The lowest BCUT2D eigenvalue weighted by Crippen LogP contribution is -2.54. The van der Waals surface area contributed by atoms with Crippen molar-refractivity contribution in [3.8, 4) is 12.3 Å². The van der Waals surface area contributed by atoms with Gasteiger partial charge in [-0.25, -0.2) is 0 Å². The van der Waals surface area contributed by atoms with Crippen LogP contribution in [-0.4, -0.2) is 55.0 Å². The Balaban J connectivity index is 2.61. The zero-order valence-electron chi connectivity index (χ0n) is 11.6. The Bertz CT molecular complexity index is 301. The molecule has 18 heavy (non-hydrogen) atoms. The van der Waals surface area contributed by atoms with E-state index in [2.05, 4.69) is 10.8 Å². The summed E-state index contributed by atoms with van der Waals surface area (Å²) in [5, 5.41) is 0. The van der Waals surface area contributed by atoms with Crippen molar-refractivity contribution in [2.75, 3.05) is 39.3 Å². The molecule has 1 fully saturated rings. The third-order valence-corrected chi connectivity index (χ3v) is 4.17. The summed E-state index contributed by atoms with van der Waals surface area (Å²) >= 11 is 0. The van der Waals surface area contributed by atoms with E-state index in [-0.39, 0.29) is 11.3 Å². The van der Waals surface area contributed by atoms with Crippen molar-refractivity contribution < 1.29 is 4.79 Å². The highest BCUT2D eigenvalue weighted by atomic mass is 16.2. The largest absolute Gasteiger partial charge is 0.340 e. The summed E-state index contributed by atoms with van der Waals surface area (Å²) < 4.78 is 0. The highest BCUT2D eigenvalue weighted by Gasteiger charge is 2.37. The van der Waals surface area contributed by atoms with Gasteiger partial charge in [-0.05, 0) is 12.8 Å². The van der Waals surface area contributed by atoms with Crippen LogP contribution in [0.3, 0.4) is 0 Å². The number of terminal acetylenes is 1. The molecule has 1 amide bonds. The predicted molar refractivity (Wildman–Crippen MR) is 73.9 cm³/mol. The van der Waals surface area contributed by atoms with Crippen molar-refractivity contribution in [2.45, 2.75) is 26.7 Å². The molecule has 0 spiro atoms. The SMILES string of the molecule is C#CCN1CCN(C(=O)C(CC)(CC)CN)CC1. The molecule has 0 aromatic rings. The maximum absolute atomic E-state index is 12.6. The van der Waals surface area contributed by atoms with Gasteiger partial charge in [0.2, 0.25) is 5.91 Å². The lowest BCUT2D eigenvalue weighted by atomic mass is 9.81. The first-order chi connectivity index (χ1) is 8.63. The van der Waals surface area contributed by atoms with Crippen LogP contribution in [0.15, 0.2) is 0 Å². The molecule has 0 aromatic heterocycles. The molecule has 102 valence electrons. The van der Waals surface area contributed by atoms with Crippen LogP contribution >= 0.6 is 0 Å². The summed E-state index contributed by atoms with van der Waals surface area (Å²) in [5.41, 5.74) is 5.46. The topological polar surface area (TPSA) is 49.6 Å². The molecule has 0 aromatic carbocycles. The first kappa shape index (κ1) is 15.0. The summed E-state index contributed by atoms with van der Waals surface area (Å²) in [6.07, 6.45) is 6.92. The fourth-order valence-corrected chi connectivity index (χ4v) is 2.50. The van der Waals surface area contributed by atoms with Gasteiger partial charge in [-0.3, -0.25) is 9.69 Å². The second-order valence-corrected chi connectivity index (χ2v) is 4.96. The number of rotatable bonds is 5. The number of nitrogens with zero attached hydrogens (tertiary/aromatic N) is 2. The molecule has 1 rings (SSSR count). The second kappa shape index (κ2) is 6.77. The molecule has 0 radical (unpaired) electrons. The van der Waals surface area contributed by atoms with Gasteiger partial charge in [0, 0.05) is 32.7 Å². The molecule has 1 aliphatic rings. The van der Waals surface area contributed by atoms with Crippen molar-refractivity contribution in [3.63, 3.8) is 0 Å². The first-order valence-corrected chi connectivity index (χ1v) is 6.78. The number of piperazine rings is 1. The maximum atomic E-state index is 12.6. The third kappa shape index (κ3) is 3.04. The van der Waals surface area contributed by atoms with Crippen LogP contribution in [0.25, 0.3) is 0 Å². The van der Waals surface area contributed by atoms with E-state index < -0.39 is 0 Å². The van der Waals surface area contributed by atoms with E-state index in [1.807, 2.05) is 18.7 Å². The van der Waals surface area contributed by atoms with Gasteiger partial charge >= 0.3 is 0 Å². The van der Waals surface area contributed by atoms with Crippen molar-refractivity contribution in [3.05, 3.63) is 0 Å². The van der Waals surface area contributed by atoms with Gasteiger partial charge in [-0.2, -0.15) is 0 Å². The van der Waals surface area contributed by atoms with Gasteiger partial charge < -0.3 is 10.6 Å². The van der Waals surface area contributed by atoms with Crippen LogP contribution in [-0.2, 0) is 4.79 Å². The predicted octanol–water partition coefficient (Wildman–Crippen LogP) is 0.529. The lowest BCUT2D eigenvalue weighted by Gasteiger charge is -2.39. The van der Waals surface area contributed by atoms with Gasteiger partial charge in [0.1, 0.15) is 0 Å². The highest BCUT2D eigenvalue weighted by molar-refractivity contribution is 5.83. The average molecular weight is 251 g/mol. The normalized spacial score (nSPS) is 17.6. The minimum absolute atomic E-state index is 0.218. The van der Waals surface area contributed by atoms with E-state index in [9.17, 15) is 4.79 Å². The Labute approximate surface area is 110 Å². The Hall–Kier alpha value is -1.05. The molecule has 0 bridgehead atoms. The van der Waals surface area contributed by atoms with E-state index in [1.165, 1.54) is 0 Å². The fourth-order valence-electron chi connectivity index (χ4n) is 2.50. The van der Waals surface area contributed by atoms with Gasteiger partial charge in [-0.15, -0.1) is 6.42 Å². The smallest absolute Gasteiger partial charge is 0.230 e. The summed E-state index contributed by atoms with van der Waals surface area (Å²) in [4.78, 5) is 16.7. The van der Waals surface area contributed by atoms with E-state index in [4.69, 9.17) is 12.2 Å². The summed E-state index contributed by atoms with van der Waals surface area (Å²) in [7, 11) is 0. The number of carbonyl (C=O) groups excluding carboxylic acids is 1. The fraction of sp³-hybridized carbons (Fsp3) is 0.786. The zero-order chi connectivity index (χ0) is 13.6. The van der Waals surface area contributed by atoms with Crippen LogP contribution < -0.4 is 5.73 Å². The van der Waals surface area contributed by atoms with Crippen LogP contribution in [0.5, 0.6) is 0 Å². The number of hydrogen-bond donors (Lipinski definition) is 1. The number of nitrogens with two attached hydrogens (primary N) is 1. The standard InChI is InChI=1S/C14H25N3O/c1-4-7-16-8-10-17(11-9-16)13(18)14(5-2,6-3)12-15/h1H,5-12,15H2,2-3H3. The minimum Gasteiger partial charge on any atom is -0.340 e. The molecule has 0 unspecified atom stereocenters. The molecule has 0 atom stereocenters. The van der Waals surface area contributed by atoms with Gasteiger partial charge in [0.15, 0.2) is 0 Å². The number of hydrogen-bond acceptors (Lipinski definition) is 3.